The van der Waals surface area contributed by atoms with Gasteiger partial charge in [-0.1, -0.05) is 6.58 Å². The van der Waals surface area contributed by atoms with E-state index in [1.54, 1.807) is 4.57 Å². The third-order valence-electron chi connectivity index (χ3n) is 3.35. The number of aromatic nitrogens is 2. The summed E-state index contributed by atoms with van der Waals surface area (Å²) >= 11 is 0. The van der Waals surface area contributed by atoms with Gasteiger partial charge in [-0.25, -0.2) is 14.2 Å². The number of rotatable bonds is 3. The van der Waals surface area contributed by atoms with E-state index < -0.39 is 17.2 Å². The standard InChI is InChI=1S/C14H11FN2O3/c1-2-11-10(15)5-8-12(18)9(14(19)20)6-17(7-3-4-7)13(8)16-11/h2,5-7H,1,3-4H2,(H,19,20). The first-order valence-electron chi connectivity index (χ1n) is 6.14. The van der Waals surface area contributed by atoms with Crippen molar-refractivity contribution in [2.24, 2.45) is 0 Å². The van der Waals surface area contributed by atoms with Gasteiger partial charge >= 0.3 is 5.97 Å². The van der Waals surface area contributed by atoms with E-state index in [2.05, 4.69) is 11.6 Å². The predicted molar refractivity (Wildman–Crippen MR) is 71.3 cm³/mol. The van der Waals surface area contributed by atoms with Crippen LogP contribution in [-0.2, 0) is 0 Å². The molecule has 2 heterocycles. The van der Waals surface area contributed by atoms with Gasteiger partial charge in [0.1, 0.15) is 22.7 Å². The second-order valence-corrected chi connectivity index (χ2v) is 4.75. The molecule has 1 saturated carbocycles. The van der Waals surface area contributed by atoms with Crippen LogP contribution in [0.15, 0.2) is 23.6 Å². The maximum atomic E-state index is 13.8. The van der Waals surface area contributed by atoms with Gasteiger partial charge in [0.05, 0.1) is 5.39 Å². The molecule has 1 N–H and O–H groups in total. The molecule has 1 aliphatic carbocycles. The fourth-order valence-corrected chi connectivity index (χ4v) is 2.19. The number of hydrogen-bond acceptors (Lipinski definition) is 3. The van der Waals surface area contributed by atoms with Crippen LogP contribution in [-0.4, -0.2) is 20.6 Å². The van der Waals surface area contributed by atoms with Crippen molar-refractivity contribution in [2.75, 3.05) is 0 Å². The molecule has 2 aromatic heterocycles. The quantitative estimate of drug-likeness (QED) is 0.931. The van der Waals surface area contributed by atoms with Crippen molar-refractivity contribution in [3.8, 4) is 0 Å². The van der Waals surface area contributed by atoms with E-state index in [0.717, 1.165) is 18.9 Å². The lowest BCUT2D eigenvalue weighted by molar-refractivity contribution is 0.0695. The summed E-state index contributed by atoms with van der Waals surface area (Å²) in [5, 5.41) is 9.06. The number of fused-ring (bicyclic) bond motifs is 1. The number of carboxylic acid groups (broad SMARTS) is 1. The second kappa shape index (κ2) is 4.26. The predicted octanol–water partition coefficient (Wildman–Crippen LogP) is 2.21. The molecular formula is C14H11FN2O3. The number of carbonyl (C=O) groups is 1. The zero-order valence-corrected chi connectivity index (χ0v) is 10.5. The van der Waals surface area contributed by atoms with Crippen LogP contribution in [0.1, 0.15) is 34.9 Å². The molecule has 2 aromatic rings. The Bertz CT molecular complexity index is 806. The maximum absolute atomic E-state index is 13.8. The second-order valence-electron chi connectivity index (χ2n) is 4.75. The van der Waals surface area contributed by atoms with Crippen molar-refractivity contribution in [3.63, 3.8) is 0 Å². The molecule has 0 spiro atoms. The van der Waals surface area contributed by atoms with Gasteiger partial charge in [-0.15, -0.1) is 0 Å². The van der Waals surface area contributed by atoms with Gasteiger partial charge in [-0.05, 0) is 25.0 Å². The molecule has 1 fully saturated rings. The highest BCUT2D eigenvalue weighted by atomic mass is 19.1. The Morgan fingerprint density at radius 1 is 1.55 bits per heavy atom. The molecule has 3 rings (SSSR count). The monoisotopic (exact) mass is 274 g/mol. The first-order valence-corrected chi connectivity index (χ1v) is 6.14. The summed E-state index contributed by atoms with van der Waals surface area (Å²) in [6.07, 6.45) is 4.34. The number of carboxylic acids is 1. The smallest absolute Gasteiger partial charge is 0.341 e. The lowest BCUT2D eigenvalue weighted by Crippen LogP contribution is -2.19. The SMILES string of the molecule is C=Cc1nc2c(cc1F)c(=O)c(C(=O)O)cn2C1CC1. The molecule has 0 saturated heterocycles. The summed E-state index contributed by atoms with van der Waals surface area (Å²) in [5.41, 5.74) is -0.725. The third kappa shape index (κ3) is 1.80. The van der Waals surface area contributed by atoms with Crippen molar-refractivity contribution in [1.29, 1.82) is 0 Å². The summed E-state index contributed by atoms with van der Waals surface area (Å²) in [5.74, 6) is -2.01. The van der Waals surface area contributed by atoms with Crippen LogP contribution in [0.25, 0.3) is 17.1 Å². The lowest BCUT2D eigenvalue weighted by Gasteiger charge is -2.11. The normalized spacial score (nSPS) is 14.4. The number of halogens is 1. The van der Waals surface area contributed by atoms with Gasteiger partial charge in [-0.2, -0.15) is 0 Å². The average molecular weight is 274 g/mol. The van der Waals surface area contributed by atoms with Crippen molar-refractivity contribution in [1.82, 2.24) is 9.55 Å². The summed E-state index contributed by atoms with van der Waals surface area (Å²) in [6, 6.07) is 1.15. The number of aromatic carboxylic acids is 1. The van der Waals surface area contributed by atoms with Gasteiger partial charge < -0.3 is 9.67 Å². The minimum atomic E-state index is -1.32. The molecule has 0 amide bonds. The molecule has 0 unspecified atom stereocenters. The lowest BCUT2D eigenvalue weighted by atomic mass is 10.1. The van der Waals surface area contributed by atoms with Crippen LogP contribution >= 0.6 is 0 Å². The van der Waals surface area contributed by atoms with Gasteiger partial charge in [0.25, 0.3) is 0 Å². The molecule has 0 aliphatic heterocycles. The highest BCUT2D eigenvalue weighted by Gasteiger charge is 2.27. The molecular weight excluding hydrogens is 263 g/mol. The van der Waals surface area contributed by atoms with Crippen LogP contribution in [0.2, 0.25) is 0 Å². The highest BCUT2D eigenvalue weighted by Crippen LogP contribution is 2.36. The molecule has 102 valence electrons. The zero-order chi connectivity index (χ0) is 14.4. The van der Waals surface area contributed by atoms with Crippen LogP contribution in [0.4, 0.5) is 4.39 Å². The summed E-state index contributed by atoms with van der Waals surface area (Å²) in [4.78, 5) is 27.3. The van der Waals surface area contributed by atoms with Gasteiger partial charge in [0.15, 0.2) is 0 Å². The Hall–Kier alpha value is -2.50. The minimum absolute atomic E-state index is 0.0140. The average Bonchev–Trinajstić information content (AvgIpc) is 3.23. The number of pyridine rings is 2. The van der Waals surface area contributed by atoms with Gasteiger partial charge in [0, 0.05) is 12.2 Å². The Morgan fingerprint density at radius 3 is 2.80 bits per heavy atom. The van der Waals surface area contributed by atoms with E-state index in [1.807, 2.05) is 0 Å². The summed E-state index contributed by atoms with van der Waals surface area (Å²) < 4.78 is 15.4. The molecule has 0 radical (unpaired) electrons. The fourth-order valence-electron chi connectivity index (χ4n) is 2.19. The molecule has 0 atom stereocenters. The van der Waals surface area contributed by atoms with Crippen molar-refractivity contribution >= 4 is 23.1 Å². The van der Waals surface area contributed by atoms with Crippen molar-refractivity contribution in [2.45, 2.75) is 18.9 Å². The molecule has 20 heavy (non-hydrogen) atoms. The molecule has 6 heteroatoms. The fraction of sp³-hybridized carbons (Fsp3) is 0.214. The van der Waals surface area contributed by atoms with Crippen molar-refractivity contribution in [3.05, 3.63) is 46.1 Å². The molecule has 5 nitrogen and oxygen atoms in total. The largest absolute Gasteiger partial charge is 0.477 e. The maximum Gasteiger partial charge on any atom is 0.341 e. The van der Waals surface area contributed by atoms with E-state index >= 15 is 0 Å². The molecule has 0 bridgehead atoms. The van der Waals surface area contributed by atoms with Gasteiger partial charge in [-0.3, -0.25) is 4.79 Å². The van der Waals surface area contributed by atoms with E-state index in [-0.39, 0.29) is 22.7 Å². The number of hydrogen-bond donors (Lipinski definition) is 1. The van der Waals surface area contributed by atoms with Crippen LogP contribution < -0.4 is 5.43 Å². The number of nitrogens with zero attached hydrogens (tertiary/aromatic N) is 2. The minimum Gasteiger partial charge on any atom is -0.477 e. The van der Waals surface area contributed by atoms with Crippen molar-refractivity contribution < 1.29 is 14.3 Å². The van der Waals surface area contributed by atoms with Crippen LogP contribution in [0, 0.1) is 5.82 Å². The van der Waals surface area contributed by atoms with E-state index in [1.165, 1.54) is 12.3 Å². The summed E-state index contributed by atoms with van der Waals surface area (Å²) in [7, 11) is 0. The Labute approximate surface area is 113 Å². The first kappa shape index (κ1) is 12.5. The summed E-state index contributed by atoms with van der Waals surface area (Å²) in [6.45, 7) is 3.47. The van der Waals surface area contributed by atoms with E-state index in [4.69, 9.17) is 5.11 Å². The molecule has 1 aliphatic rings. The van der Waals surface area contributed by atoms with E-state index in [0.29, 0.717) is 5.65 Å². The topological polar surface area (TPSA) is 72.2 Å². The Balaban J connectivity index is 2.45. The highest BCUT2D eigenvalue weighted by molar-refractivity contribution is 5.92. The first-order chi connectivity index (χ1) is 9.52. The van der Waals surface area contributed by atoms with Crippen LogP contribution in [0.3, 0.4) is 0 Å². The Kier molecular flexibility index (Phi) is 2.67. The van der Waals surface area contributed by atoms with E-state index in [9.17, 15) is 14.0 Å². The molecule has 0 aromatic carbocycles. The Morgan fingerprint density at radius 2 is 2.25 bits per heavy atom. The van der Waals surface area contributed by atoms with Crippen LogP contribution in [0.5, 0.6) is 0 Å². The third-order valence-corrected chi connectivity index (χ3v) is 3.35. The van der Waals surface area contributed by atoms with Gasteiger partial charge in [0.2, 0.25) is 5.43 Å². The zero-order valence-electron chi connectivity index (χ0n) is 10.5.